The fourth-order valence-corrected chi connectivity index (χ4v) is 1.95. The molecule has 0 aromatic heterocycles. The molecule has 106 valence electrons. The molecule has 0 atom stereocenters. The summed E-state index contributed by atoms with van der Waals surface area (Å²) >= 11 is 0. The fraction of sp³-hybridized carbons (Fsp3) is 0.562. The van der Waals surface area contributed by atoms with Crippen LogP contribution in [-0.4, -0.2) is 12.6 Å². The second-order valence-electron chi connectivity index (χ2n) is 4.99. The van der Waals surface area contributed by atoms with E-state index < -0.39 is 0 Å². The average Bonchev–Trinajstić information content (AvgIpc) is 2.39. The van der Waals surface area contributed by atoms with Crippen LogP contribution >= 0.6 is 0 Å². The molecule has 0 spiro atoms. The Labute approximate surface area is 116 Å². The first kappa shape index (κ1) is 15.5. The largest absolute Gasteiger partial charge is 0.338 e. The first-order valence-corrected chi connectivity index (χ1v) is 7.31. The highest BCUT2D eigenvalue weighted by Gasteiger charge is 2.04. The summed E-state index contributed by atoms with van der Waals surface area (Å²) in [6.45, 7) is 7.08. The molecule has 2 amide bonds. The van der Waals surface area contributed by atoms with Crippen molar-refractivity contribution >= 4 is 11.7 Å². The van der Waals surface area contributed by atoms with E-state index >= 15 is 0 Å². The third-order valence-corrected chi connectivity index (χ3v) is 3.17. The minimum atomic E-state index is -0.113. The Kier molecular flexibility index (Phi) is 7.01. The van der Waals surface area contributed by atoms with Crippen LogP contribution in [0.5, 0.6) is 0 Å². The van der Waals surface area contributed by atoms with E-state index in [0.29, 0.717) is 0 Å². The zero-order valence-corrected chi connectivity index (χ0v) is 12.4. The van der Waals surface area contributed by atoms with Gasteiger partial charge in [0.15, 0.2) is 0 Å². The molecule has 0 radical (unpaired) electrons. The van der Waals surface area contributed by atoms with Crippen molar-refractivity contribution in [2.45, 2.75) is 52.9 Å². The maximum absolute atomic E-state index is 11.7. The van der Waals surface area contributed by atoms with E-state index in [1.165, 1.54) is 18.4 Å². The van der Waals surface area contributed by atoms with Crippen LogP contribution in [0.3, 0.4) is 0 Å². The molecule has 0 bridgehead atoms. The molecule has 1 rings (SSSR count). The quantitative estimate of drug-likeness (QED) is 0.708. The lowest BCUT2D eigenvalue weighted by molar-refractivity contribution is 0.252. The number of urea groups is 1. The molecule has 19 heavy (non-hydrogen) atoms. The summed E-state index contributed by atoms with van der Waals surface area (Å²) in [5, 5.41) is 5.76. The van der Waals surface area contributed by atoms with Gasteiger partial charge in [-0.25, -0.2) is 4.79 Å². The second kappa shape index (κ2) is 8.57. The topological polar surface area (TPSA) is 41.1 Å². The van der Waals surface area contributed by atoms with Gasteiger partial charge in [-0.2, -0.15) is 0 Å². The summed E-state index contributed by atoms with van der Waals surface area (Å²) in [7, 11) is 0. The summed E-state index contributed by atoms with van der Waals surface area (Å²) in [5.74, 6) is 0. The molecule has 3 heteroatoms. The second-order valence-corrected chi connectivity index (χ2v) is 4.99. The molecular formula is C16H26N2O. The van der Waals surface area contributed by atoms with Crippen LogP contribution in [0.2, 0.25) is 0 Å². The van der Waals surface area contributed by atoms with Gasteiger partial charge in [0, 0.05) is 12.2 Å². The Hall–Kier alpha value is -1.51. The van der Waals surface area contributed by atoms with Gasteiger partial charge in [-0.05, 0) is 43.4 Å². The predicted molar refractivity (Wildman–Crippen MR) is 81.7 cm³/mol. The third-order valence-electron chi connectivity index (χ3n) is 3.17. The van der Waals surface area contributed by atoms with Gasteiger partial charge in [-0.1, -0.05) is 38.8 Å². The van der Waals surface area contributed by atoms with Crippen LogP contribution in [-0.2, 0) is 6.42 Å². The zero-order chi connectivity index (χ0) is 14.1. The molecule has 0 unspecified atom stereocenters. The van der Waals surface area contributed by atoms with E-state index in [4.69, 9.17) is 0 Å². The van der Waals surface area contributed by atoms with E-state index in [0.717, 1.165) is 37.1 Å². The Morgan fingerprint density at radius 1 is 1.16 bits per heavy atom. The Morgan fingerprint density at radius 3 is 2.53 bits per heavy atom. The standard InChI is InChI=1S/C16H26N2O/c1-4-6-8-14-9-10-15(13(3)12-14)18-16(19)17-11-7-5-2/h9-10,12H,4-8,11H2,1-3H3,(H2,17,18,19). The van der Waals surface area contributed by atoms with Crippen molar-refractivity contribution in [2.75, 3.05) is 11.9 Å². The summed E-state index contributed by atoms with van der Waals surface area (Å²) in [6.07, 6.45) is 5.64. The molecule has 3 nitrogen and oxygen atoms in total. The van der Waals surface area contributed by atoms with Crippen LogP contribution < -0.4 is 10.6 Å². The molecule has 0 aliphatic heterocycles. The number of unbranched alkanes of at least 4 members (excludes halogenated alkanes) is 2. The summed E-state index contributed by atoms with van der Waals surface area (Å²) in [4.78, 5) is 11.7. The highest BCUT2D eigenvalue weighted by molar-refractivity contribution is 5.90. The van der Waals surface area contributed by atoms with Crippen LogP contribution in [0, 0.1) is 6.92 Å². The molecular weight excluding hydrogens is 236 g/mol. The number of benzene rings is 1. The molecule has 0 aliphatic rings. The lowest BCUT2D eigenvalue weighted by Gasteiger charge is -2.11. The highest BCUT2D eigenvalue weighted by atomic mass is 16.2. The smallest absolute Gasteiger partial charge is 0.319 e. The van der Waals surface area contributed by atoms with Crippen LogP contribution in [0.25, 0.3) is 0 Å². The van der Waals surface area contributed by atoms with E-state index in [2.05, 4.69) is 36.6 Å². The maximum Gasteiger partial charge on any atom is 0.319 e. The van der Waals surface area contributed by atoms with Gasteiger partial charge in [-0.3, -0.25) is 0 Å². The summed E-state index contributed by atoms with van der Waals surface area (Å²) < 4.78 is 0. The molecule has 0 fully saturated rings. The molecule has 0 aliphatic carbocycles. The number of carbonyl (C=O) groups is 1. The van der Waals surface area contributed by atoms with E-state index in [1.54, 1.807) is 0 Å². The van der Waals surface area contributed by atoms with Gasteiger partial charge in [-0.15, -0.1) is 0 Å². The van der Waals surface area contributed by atoms with Gasteiger partial charge in [0.25, 0.3) is 0 Å². The monoisotopic (exact) mass is 262 g/mol. The SMILES string of the molecule is CCCCNC(=O)Nc1ccc(CCCC)cc1C. The first-order valence-electron chi connectivity index (χ1n) is 7.31. The van der Waals surface area contributed by atoms with Crippen molar-refractivity contribution < 1.29 is 4.79 Å². The van der Waals surface area contributed by atoms with Crippen molar-refractivity contribution in [2.24, 2.45) is 0 Å². The predicted octanol–water partition coefficient (Wildman–Crippen LogP) is 4.26. The van der Waals surface area contributed by atoms with Crippen LogP contribution in [0.1, 0.15) is 50.7 Å². The minimum Gasteiger partial charge on any atom is -0.338 e. The number of hydrogen-bond acceptors (Lipinski definition) is 1. The number of nitrogens with one attached hydrogen (secondary N) is 2. The minimum absolute atomic E-state index is 0.113. The fourth-order valence-electron chi connectivity index (χ4n) is 1.95. The molecule has 0 heterocycles. The zero-order valence-electron chi connectivity index (χ0n) is 12.4. The molecule has 0 saturated heterocycles. The maximum atomic E-state index is 11.7. The van der Waals surface area contributed by atoms with Crippen molar-refractivity contribution in [1.29, 1.82) is 0 Å². The normalized spacial score (nSPS) is 10.3. The van der Waals surface area contributed by atoms with Crippen molar-refractivity contribution in [3.8, 4) is 0 Å². The third kappa shape index (κ3) is 5.77. The first-order chi connectivity index (χ1) is 9.17. The number of carbonyl (C=O) groups excluding carboxylic acids is 1. The molecule has 1 aromatic carbocycles. The molecule has 1 aromatic rings. The summed E-state index contributed by atoms with van der Waals surface area (Å²) in [5.41, 5.74) is 3.37. The Morgan fingerprint density at radius 2 is 1.89 bits per heavy atom. The number of amides is 2. The van der Waals surface area contributed by atoms with Gasteiger partial charge >= 0.3 is 6.03 Å². The lowest BCUT2D eigenvalue weighted by atomic mass is 10.0. The van der Waals surface area contributed by atoms with Gasteiger partial charge in [0.2, 0.25) is 0 Å². The van der Waals surface area contributed by atoms with Crippen LogP contribution in [0.4, 0.5) is 10.5 Å². The highest BCUT2D eigenvalue weighted by Crippen LogP contribution is 2.17. The van der Waals surface area contributed by atoms with Crippen molar-refractivity contribution in [3.63, 3.8) is 0 Å². The number of hydrogen-bond donors (Lipinski definition) is 2. The van der Waals surface area contributed by atoms with Crippen molar-refractivity contribution in [1.82, 2.24) is 5.32 Å². The number of rotatable bonds is 7. The van der Waals surface area contributed by atoms with Crippen molar-refractivity contribution in [3.05, 3.63) is 29.3 Å². The van der Waals surface area contributed by atoms with E-state index in [9.17, 15) is 4.79 Å². The van der Waals surface area contributed by atoms with Crippen LogP contribution in [0.15, 0.2) is 18.2 Å². The lowest BCUT2D eigenvalue weighted by Crippen LogP contribution is -2.29. The van der Waals surface area contributed by atoms with Gasteiger partial charge < -0.3 is 10.6 Å². The van der Waals surface area contributed by atoms with E-state index in [-0.39, 0.29) is 6.03 Å². The average molecular weight is 262 g/mol. The van der Waals surface area contributed by atoms with Gasteiger partial charge in [0.1, 0.15) is 0 Å². The summed E-state index contributed by atoms with van der Waals surface area (Å²) in [6, 6.07) is 6.15. The van der Waals surface area contributed by atoms with E-state index in [1.807, 2.05) is 13.0 Å². The Bertz CT molecular complexity index is 402. The number of anilines is 1. The molecule has 2 N–H and O–H groups in total. The molecule has 0 saturated carbocycles. The Balaban J connectivity index is 2.52. The number of aryl methyl sites for hydroxylation is 2. The van der Waals surface area contributed by atoms with Gasteiger partial charge in [0.05, 0.1) is 0 Å².